The molecular weight excluding hydrogens is 697 g/mol. The van der Waals surface area contributed by atoms with Crippen LogP contribution in [0.25, 0.3) is 0 Å². The number of benzene rings is 4. The molecule has 0 saturated carbocycles. The Morgan fingerprint density at radius 1 is 0.889 bits per heavy atom. The first-order valence-corrected chi connectivity index (χ1v) is 17.4. The molecular formula is C34H34BrCl2N3O4S. The first-order valence-electron chi connectivity index (χ1n) is 14.4. The zero-order valence-corrected chi connectivity index (χ0v) is 28.8. The van der Waals surface area contributed by atoms with E-state index in [4.69, 9.17) is 23.2 Å². The molecule has 7 nitrogen and oxygen atoms in total. The number of carbonyl (C=O) groups excluding carboxylic acids is 2. The highest BCUT2D eigenvalue weighted by atomic mass is 79.9. The molecule has 2 atom stereocenters. The molecule has 0 aromatic heterocycles. The summed E-state index contributed by atoms with van der Waals surface area (Å²) in [5.41, 5.74) is 1.68. The summed E-state index contributed by atoms with van der Waals surface area (Å²) in [6.07, 6.45) is 0.884. The van der Waals surface area contributed by atoms with Crippen LogP contribution in [-0.2, 0) is 32.6 Å². The van der Waals surface area contributed by atoms with Gasteiger partial charge >= 0.3 is 0 Å². The van der Waals surface area contributed by atoms with Crippen LogP contribution < -0.4 is 9.62 Å². The van der Waals surface area contributed by atoms with Crippen LogP contribution in [0.15, 0.2) is 112 Å². The highest BCUT2D eigenvalue weighted by Crippen LogP contribution is 2.28. The lowest BCUT2D eigenvalue weighted by molar-refractivity contribution is -0.140. The molecule has 2 amide bonds. The Bertz CT molecular complexity index is 1730. The van der Waals surface area contributed by atoms with Crippen LogP contribution in [0, 0.1) is 0 Å². The van der Waals surface area contributed by atoms with Crippen LogP contribution in [-0.4, -0.2) is 43.8 Å². The second kappa shape index (κ2) is 15.8. The fourth-order valence-corrected chi connectivity index (χ4v) is 6.99. The van der Waals surface area contributed by atoms with Gasteiger partial charge in [-0.15, -0.1) is 0 Å². The van der Waals surface area contributed by atoms with E-state index in [0.717, 1.165) is 9.87 Å². The monoisotopic (exact) mass is 729 g/mol. The van der Waals surface area contributed by atoms with Crippen molar-refractivity contribution >= 4 is 66.7 Å². The number of nitrogens with zero attached hydrogens (tertiary/aromatic N) is 2. The first kappa shape index (κ1) is 34.5. The van der Waals surface area contributed by atoms with Gasteiger partial charge in [-0.1, -0.05) is 107 Å². The summed E-state index contributed by atoms with van der Waals surface area (Å²) in [6, 6.07) is 27.8. The number of nitrogens with one attached hydrogen (secondary N) is 1. The average molecular weight is 732 g/mol. The maximum absolute atomic E-state index is 14.5. The Balaban J connectivity index is 1.82. The van der Waals surface area contributed by atoms with Gasteiger partial charge in [0, 0.05) is 33.5 Å². The summed E-state index contributed by atoms with van der Waals surface area (Å²) in [5.74, 6) is -0.938. The fraction of sp³-hybridized carbons (Fsp3) is 0.235. The standard InChI is InChI=1S/C34H34BrCl2N3O4S/c1-3-24(2)38-34(42)32(19-25-11-6-4-7-12-25)39(22-26-17-18-28(36)21-31(26)37)33(41)23-40(29-14-10-13-27(35)20-29)45(43,44)30-15-8-5-9-16-30/h4-18,20-21,24,32H,3,19,22-23H2,1-2H3,(H,38,42). The molecule has 2 unspecified atom stereocenters. The molecule has 0 aliphatic heterocycles. The van der Waals surface area contributed by atoms with Crippen molar-refractivity contribution in [3.05, 3.63) is 129 Å². The fourth-order valence-electron chi connectivity index (χ4n) is 4.71. The van der Waals surface area contributed by atoms with E-state index in [1.807, 2.05) is 44.2 Å². The van der Waals surface area contributed by atoms with Gasteiger partial charge in [0.05, 0.1) is 10.6 Å². The molecule has 0 fully saturated rings. The minimum Gasteiger partial charge on any atom is -0.352 e. The van der Waals surface area contributed by atoms with E-state index in [9.17, 15) is 18.0 Å². The molecule has 4 aromatic carbocycles. The lowest BCUT2D eigenvalue weighted by atomic mass is 10.0. The average Bonchev–Trinajstić information content (AvgIpc) is 3.03. The molecule has 11 heteroatoms. The molecule has 45 heavy (non-hydrogen) atoms. The lowest BCUT2D eigenvalue weighted by Crippen LogP contribution is -2.54. The maximum atomic E-state index is 14.5. The molecule has 0 aliphatic carbocycles. The van der Waals surface area contributed by atoms with Gasteiger partial charge in [0.25, 0.3) is 10.0 Å². The summed E-state index contributed by atoms with van der Waals surface area (Å²) >= 11 is 16.1. The number of rotatable bonds is 13. The zero-order valence-electron chi connectivity index (χ0n) is 24.9. The number of hydrogen-bond acceptors (Lipinski definition) is 4. The van der Waals surface area contributed by atoms with Crippen molar-refractivity contribution in [2.75, 3.05) is 10.8 Å². The molecule has 0 aliphatic rings. The smallest absolute Gasteiger partial charge is 0.264 e. The van der Waals surface area contributed by atoms with Gasteiger partial charge in [-0.3, -0.25) is 13.9 Å². The normalized spacial score (nSPS) is 12.6. The third kappa shape index (κ3) is 9.10. The molecule has 0 bridgehead atoms. The molecule has 0 heterocycles. The number of halogens is 3. The van der Waals surface area contributed by atoms with Crippen molar-refractivity contribution in [2.45, 2.75) is 50.2 Å². The van der Waals surface area contributed by atoms with E-state index in [1.54, 1.807) is 60.7 Å². The van der Waals surface area contributed by atoms with E-state index in [0.29, 0.717) is 26.5 Å². The van der Waals surface area contributed by atoms with Crippen molar-refractivity contribution in [3.63, 3.8) is 0 Å². The molecule has 4 rings (SSSR count). The van der Waals surface area contributed by atoms with Gasteiger partial charge in [0.1, 0.15) is 12.6 Å². The molecule has 1 N–H and O–H groups in total. The summed E-state index contributed by atoms with van der Waals surface area (Å²) in [6.45, 7) is 3.22. The van der Waals surface area contributed by atoms with E-state index in [2.05, 4.69) is 21.2 Å². The van der Waals surface area contributed by atoms with Crippen molar-refractivity contribution in [3.8, 4) is 0 Å². The van der Waals surface area contributed by atoms with Gasteiger partial charge < -0.3 is 10.2 Å². The van der Waals surface area contributed by atoms with Crippen LogP contribution in [0.2, 0.25) is 10.0 Å². The Morgan fingerprint density at radius 2 is 1.56 bits per heavy atom. The lowest BCUT2D eigenvalue weighted by Gasteiger charge is -2.34. The second-order valence-corrected chi connectivity index (χ2v) is 14.2. The minimum atomic E-state index is -4.19. The maximum Gasteiger partial charge on any atom is 0.264 e. The topological polar surface area (TPSA) is 86.8 Å². The first-order chi connectivity index (χ1) is 21.5. The number of sulfonamides is 1. The number of hydrogen-bond donors (Lipinski definition) is 1. The van der Waals surface area contributed by atoms with Crippen LogP contribution >= 0.6 is 39.1 Å². The van der Waals surface area contributed by atoms with Crippen LogP contribution in [0.5, 0.6) is 0 Å². The quantitative estimate of drug-likeness (QED) is 0.154. The van der Waals surface area contributed by atoms with Gasteiger partial charge in [0.2, 0.25) is 11.8 Å². The molecule has 0 radical (unpaired) electrons. The second-order valence-electron chi connectivity index (χ2n) is 10.6. The van der Waals surface area contributed by atoms with E-state index in [1.165, 1.54) is 17.0 Å². The highest BCUT2D eigenvalue weighted by Gasteiger charge is 2.35. The predicted molar refractivity (Wildman–Crippen MR) is 184 cm³/mol. The van der Waals surface area contributed by atoms with Crippen LogP contribution in [0.3, 0.4) is 0 Å². The van der Waals surface area contributed by atoms with Crippen molar-refractivity contribution in [2.24, 2.45) is 0 Å². The van der Waals surface area contributed by atoms with Crippen molar-refractivity contribution < 1.29 is 18.0 Å². The molecule has 4 aromatic rings. The van der Waals surface area contributed by atoms with Crippen LogP contribution in [0.4, 0.5) is 5.69 Å². The Morgan fingerprint density at radius 3 is 2.18 bits per heavy atom. The minimum absolute atomic E-state index is 0.0282. The molecule has 0 spiro atoms. The number of carbonyl (C=O) groups is 2. The van der Waals surface area contributed by atoms with Gasteiger partial charge in [0.15, 0.2) is 0 Å². The summed E-state index contributed by atoms with van der Waals surface area (Å²) in [5, 5.41) is 3.76. The number of anilines is 1. The number of amides is 2. The zero-order chi connectivity index (χ0) is 32.6. The Hall–Kier alpha value is -3.37. The molecule has 236 valence electrons. The molecule has 0 saturated heterocycles. The summed E-state index contributed by atoms with van der Waals surface area (Å²) < 4.78 is 29.8. The highest BCUT2D eigenvalue weighted by molar-refractivity contribution is 9.10. The predicted octanol–water partition coefficient (Wildman–Crippen LogP) is 7.51. The Kier molecular flexibility index (Phi) is 12.1. The third-order valence-electron chi connectivity index (χ3n) is 7.33. The van der Waals surface area contributed by atoms with Crippen molar-refractivity contribution in [1.29, 1.82) is 0 Å². The van der Waals surface area contributed by atoms with Gasteiger partial charge in [-0.05, 0) is 66.9 Å². The Labute approximate surface area is 283 Å². The van der Waals surface area contributed by atoms with Gasteiger partial charge in [-0.25, -0.2) is 8.42 Å². The van der Waals surface area contributed by atoms with Crippen molar-refractivity contribution in [1.82, 2.24) is 10.2 Å². The van der Waals surface area contributed by atoms with E-state index >= 15 is 0 Å². The van der Waals surface area contributed by atoms with E-state index in [-0.39, 0.29) is 35.5 Å². The largest absolute Gasteiger partial charge is 0.352 e. The summed E-state index contributed by atoms with van der Waals surface area (Å²) in [4.78, 5) is 29.9. The van der Waals surface area contributed by atoms with Gasteiger partial charge in [-0.2, -0.15) is 0 Å². The van der Waals surface area contributed by atoms with Crippen LogP contribution in [0.1, 0.15) is 31.4 Å². The summed E-state index contributed by atoms with van der Waals surface area (Å²) in [7, 11) is -4.19. The SMILES string of the molecule is CCC(C)NC(=O)C(Cc1ccccc1)N(Cc1ccc(Cl)cc1Cl)C(=O)CN(c1cccc(Br)c1)S(=O)(=O)c1ccccc1. The van der Waals surface area contributed by atoms with E-state index < -0.39 is 28.5 Å². The third-order valence-corrected chi connectivity index (χ3v) is 10.2.